The number of nitrogens with zero attached hydrogens (tertiary/aromatic N) is 1. The highest BCUT2D eigenvalue weighted by Crippen LogP contribution is 2.19. The van der Waals surface area contributed by atoms with E-state index in [0.717, 1.165) is 18.8 Å². The van der Waals surface area contributed by atoms with E-state index < -0.39 is 0 Å². The van der Waals surface area contributed by atoms with E-state index in [-0.39, 0.29) is 6.17 Å². The summed E-state index contributed by atoms with van der Waals surface area (Å²) in [4.78, 5) is 4.48. The van der Waals surface area contributed by atoms with Crippen LogP contribution in [0.5, 0.6) is 0 Å². The van der Waals surface area contributed by atoms with Crippen molar-refractivity contribution in [2.75, 3.05) is 6.54 Å². The Balaban J connectivity index is 1.69. The molecule has 3 nitrogen and oxygen atoms in total. The van der Waals surface area contributed by atoms with Crippen LogP contribution in [-0.2, 0) is 6.42 Å². The van der Waals surface area contributed by atoms with Crippen molar-refractivity contribution in [2.24, 2.45) is 10.7 Å². The van der Waals surface area contributed by atoms with Gasteiger partial charge in [-0.05, 0) is 24.0 Å². The van der Waals surface area contributed by atoms with Gasteiger partial charge in [0.25, 0.3) is 0 Å². The molecule has 1 aromatic carbocycles. The zero-order valence-corrected chi connectivity index (χ0v) is 14.0. The summed E-state index contributed by atoms with van der Waals surface area (Å²) in [5.74, 6) is 0.760. The van der Waals surface area contributed by atoms with E-state index >= 15 is 0 Å². The van der Waals surface area contributed by atoms with Crippen molar-refractivity contribution in [3.05, 3.63) is 35.4 Å². The Morgan fingerprint density at radius 3 is 2.41 bits per heavy atom. The normalized spacial score (nSPS) is 18.2. The van der Waals surface area contributed by atoms with Crippen molar-refractivity contribution in [2.45, 2.75) is 70.9 Å². The third-order valence-corrected chi connectivity index (χ3v) is 4.38. The van der Waals surface area contributed by atoms with Crippen LogP contribution in [0, 0.1) is 0 Å². The van der Waals surface area contributed by atoms with Crippen molar-refractivity contribution in [1.29, 1.82) is 0 Å². The lowest BCUT2D eigenvalue weighted by atomic mass is 10.0. The number of aryl methyl sites for hydroxylation is 1. The van der Waals surface area contributed by atoms with Gasteiger partial charge in [0.15, 0.2) is 0 Å². The van der Waals surface area contributed by atoms with Gasteiger partial charge in [-0.1, -0.05) is 69.7 Å². The lowest BCUT2D eigenvalue weighted by Crippen LogP contribution is -2.32. The Hall–Kier alpha value is -1.35. The van der Waals surface area contributed by atoms with Gasteiger partial charge in [-0.15, -0.1) is 0 Å². The molecule has 0 aromatic heterocycles. The third-order valence-electron chi connectivity index (χ3n) is 4.38. The Labute approximate surface area is 135 Å². The monoisotopic (exact) mass is 301 g/mol. The van der Waals surface area contributed by atoms with Crippen LogP contribution in [0.15, 0.2) is 29.3 Å². The van der Waals surface area contributed by atoms with Gasteiger partial charge in [0.2, 0.25) is 0 Å². The fourth-order valence-electron chi connectivity index (χ4n) is 2.96. The Morgan fingerprint density at radius 2 is 1.73 bits per heavy atom. The molecule has 1 heterocycles. The van der Waals surface area contributed by atoms with Crippen molar-refractivity contribution >= 4 is 5.84 Å². The predicted molar refractivity (Wildman–Crippen MR) is 95.1 cm³/mol. The molecular formula is C19H31N3. The molecule has 0 aliphatic carbocycles. The average Bonchev–Trinajstić information content (AvgIpc) is 2.55. The second-order valence-corrected chi connectivity index (χ2v) is 6.34. The maximum Gasteiger partial charge on any atom is 0.127 e. The minimum Gasteiger partial charge on any atom is -0.387 e. The second-order valence-electron chi connectivity index (χ2n) is 6.34. The van der Waals surface area contributed by atoms with Crippen LogP contribution in [0.4, 0.5) is 0 Å². The molecule has 0 saturated heterocycles. The van der Waals surface area contributed by atoms with E-state index in [1.165, 1.54) is 62.5 Å². The summed E-state index contributed by atoms with van der Waals surface area (Å²) in [6.07, 6.45) is 11.7. The standard InChI is InChI=1S/C19H31N3/c1-2-3-4-5-6-7-8-9-16-10-12-17(13-11-16)19-21-15-14-18(20)22-19/h10-13,19,21H,2-9,14-15H2,1H3,(H2,20,22). The highest BCUT2D eigenvalue weighted by atomic mass is 15.1. The first-order valence-electron chi connectivity index (χ1n) is 8.94. The summed E-state index contributed by atoms with van der Waals surface area (Å²) in [6.45, 7) is 3.19. The number of nitrogens with two attached hydrogens (primary N) is 1. The fourth-order valence-corrected chi connectivity index (χ4v) is 2.96. The summed E-state index contributed by atoms with van der Waals surface area (Å²) >= 11 is 0. The van der Waals surface area contributed by atoms with Gasteiger partial charge in [-0.3, -0.25) is 5.32 Å². The Kier molecular flexibility index (Phi) is 7.44. The molecule has 122 valence electrons. The summed E-state index contributed by atoms with van der Waals surface area (Å²) < 4.78 is 0. The molecule has 2 rings (SSSR count). The summed E-state index contributed by atoms with van der Waals surface area (Å²) in [6, 6.07) is 8.87. The summed E-state index contributed by atoms with van der Waals surface area (Å²) in [5.41, 5.74) is 8.48. The number of aliphatic imine (C=N–C) groups is 1. The third kappa shape index (κ3) is 5.80. The molecule has 3 N–H and O–H groups in total. The lowest BCUT2D eigenvalue weighted by molar-refractivity contribution is 0.539. The van der Waals surface area contributed by atoms with Crippen molar-refractivity contribution < 1.29 is 0 Å². The first-order valence-corrected chi connectivity index (χ1v) is 8.94. The number of unbranched alkanes of at least 4 members (excludes halogenated alkanes) is 6. The maximum atomic E-state index is 5.83. The number of benzene rings is 1. The molecule has 3 heteroatoms. The molecule has 1 unspecified atom stereocenters. The topological polar surface area (TPSA) is 50.4 Å². The second kappa shape index (κ2) is 9.62. The van der Waals surface area contributed by atoms with E-state index in [0.29, 0.717) is 0 Å². The molecule has 1 aliphatic heterocycles. The molecule has 0 radical (unpaired) electrons. The number of hydrogen-bond donors (Lipinski definition) is 2. The van der Waals surface area contributed by atoms with Gasteiger partial charge in [-0.2, -0.15) is 0 Å². The minimum atomic E-state index is 0.0429. The minimum absolute atomic E-state index is 0.0429. The van der Waals surface area contributed by atoms with Crippen molar-refractivity contribution in [3.8, 4) is 0 Å². The highest BCUT2D eigenvalue weighted by molar-refractivity contribution is 5.81. The van der Waals surface area contributed by atoms with Gasteiger partial charge in [0.1, 0.15) is 6.17 Å². The Bertz CT molecular complexity index is 450. The lowest BCUT2D eigenvalue weighted by Gasteiger charge is -2.20. The van der Waals surface area contributed by atoms with Gasteiger partial charge in [0, 0.05) is 13.0 Å². The van der Waals surface area contributed by atoms with Gasteiger partial charge >= 0.3 is 0 Å². The first-order chi connectivity index (χ1) is 10.8. The molecule has 0 amide bonds. The first kappa shape index (κ1) is 17.0. The van der Waals surface area contributed by atoms with Crippen LogP contribution >= 0.6 is 0 Å². The van der Waals surface area contributed by atoms with Crippen LogP contribution in [0.1, 0.15) is 75.6 Å². The SMILES string of the molecule is CCCCCCCCCc1ccc(C2N=C(N)CCN2)cc1. The van der Waals surface area contributed by atoms with E-state index in [1.807, 2.05) is 0 Å². The largest absolute Gasteiger partial charge is 0.387 e. The van der Waals surface area contributed by atoms with Crippen LogP contribution < -0.4 is 11.1 Å². The van der Waals surface area contributed by atoms with E-state index in [4.69, 9.17) is 5.73 Å². The highest BCUT2D eigenvalue weighted by Gasteiger charge is 2.13. The average molecular weight is 301 g/mol. The zero-order valence-electron chi connectivity index (χ0n) is 14.0. The molecule has 1 atom stereocenters. The van der Waals surface area contributed by atoms with E-state index in [9.17, 15) is 0 Å². The van der Waals surface area contributed by atoms with Gasteiger partial charge in [0.05, 0.1) is 5.84 Å². The molecule has 0 fully saturated rings. The number of nitrogens with one attached hydrogen (secondary N) is 1. The van der Waals surface area contributed by atoms with Gasteiger partial charge in [-0.25, -0.2) is 4.99 Å². The quantitative estimate of drug-likeness (QED) is 0.667. The zero-order chi connectivity index (χ0) is 15.6. The van der Waals surface area contributed by atoms with Crippen LogP contribution in [0.2, 0.25) is 0 Å². The van der Waals surface area contributed by atoms with Crippen LogP contribution in [0.25, 0.3) is 0 Å². The smallest absolute Gasteiger partial charge is 0.127 e. The van der Waals surface area contributed by atoms with E-state index in [2.05, 4.69) is 41.5 Å². The van der Waals surface area contributed by atoms with Crippen LogP contribution in [0.3, 0.4) is 0 Å². The molecule has 0 bridgehead atoms. The molecule has 1 aliphatic rings. The predicted octanol–water partition coefficient (Wildman–Crippen LogP) is 4.33. The molecule has 0 saturated carbocycles. The number of amidine groups is 1. The van der Waals surface area contributed by atoms with Crippen molar-refractivity contribution in [3.63, 3.8) is 0 Å². The number of rotatable bonds is 9. The molecule has 0 spiro atoms. The maximum absolute atomic E-state index is 5.83. The van der Waals surface area contributed by atoms with Crippen LogP contribution in [-0.4, -0.2) is 12.4 Å². The summed E-state index contributed by atoms with van der Waals surface area (Å²) in [5, 5.41) is 3.39. The number of hydrogen-bond acceptors (Lipinski definition) is 3. The molecular weight excluding hydrogens is 270 g/mol. The molecule has 22 heavy (non-hydrogen) atoms. The van der Waals surface area contributed by atoms with Crippen molar-refractivity contribution in [1.82, 2.24) is 5.32 Å². The Morgan fingerprint density at radius 1 is 1.05 bits per heavy atom. The molecule has 1 aromatic rings. The van der Waals surface area contributed by atoms with E-state index in [1.54, 1.807) is 0 Å². The fraction of sp³-hybridized carbons (Fsp3) is 0.632. The van der Waals surface area contributed by atoms with Gasteiger partial charge < -0.3 is 5.73 Å². The summed E-state index contributed by atoms with van der Waals surface area (Å²) in [7, 11) is 0.